The van der Waals surface area contributed by atoms with Crippen LogP contribution in [0.15, 0.2) is 0 Å². The van der Waals surface area contributed by atoms with Crippen LogP contribution in [0.5, 0.6) is 0 Å². The number of aromatic nitrogens is 2. The third kappa shape index (κ3) is 2.93. The van der Waals surface area contributed by atoms with Gasteiger partial charge < -0.3 is 10.2 Å². The molecule has 1 N–H and O–H groups in total. The van der Waals surface area contributed by atoms with E-state index in [9.17, 15) is 0 Å². The molecule has 1 saturated heterocycles. The molecular weight excluding hydrogens is 248 g/mol. The average Bonchev–Trinajstić information content (AvgIpc) is 2.40. The number of likely N-dealkylation sites (tertiary alicyclic amines) is 1. The molecule has 1 aliphatic heterocycles. The topological polar surface area (TPSA) is 41.0 Å². The van der Waals surface area contributed by atoms with Crippen LogP contribution in [0.4, 0.5) is 5.82 Å². The number of nitrogens with zero attached hydrogens (tertiary/aromatic N) is 3. The summed E-state index contributed by atoms with van der Waals surface area (Å²) in [5.74, 6) is 0.875. The van der Waals surface area contributed by atoms with Crippen LogP contribution in [0.2, 0.25) is 5.15 Å². The van der Waals surface area contributed by atoms with Gasteiger partial charge in [0.15, 0.2) is 11.0 Å². The molecule has 2 rings (SSSR count). The van der Waals surface area contributed by atoms with E-state index in [2.05, 4.69) is 27.3 Å². The number of halogens is 1. The Morgan fingerprint density at radius 1 is 1.33 bits per heavy atom. The third-order valence-corrected chi connectivity index (χ3v) is 4.12. The van der Waals surface area contributed by atoms with Gasteiger partial charge in [0.05, 0.1) is 0 Å². The van der Waals surface area contributed by atoms with Crippen LogP contribution in [0, 0.1) is 13.8 Å². The first-order chi connectivity index (χ1) is 8.61. The molecule has 100 valence electrons. The average molecular weight is 269 g/mol. The SMILES string of the molecule is CCN1CCCC(Nc2nnc(Cl)c(C)c2C)C1. The molecule has 5 heteroatoms. The van der Waals surface area contributed by atoms with Crippen molar-refractivity contribution < 1.29 is 0 Å². The molecule has 0 radical (unpaired) electrons. The van der Waals surface area contributed by atoms with Crippen molar-refractivity contribution in [3.05, 3.63) is 16.3 Å². The Balaban J connectivity index is 2.07. The monoisotopic (exact) mass is 268 g/mol. The van der Waals surface area contributed by atoms with Gasteiger partial charge in [-0.25, -0.2) is 0 Å². The minimum Gasteiger partial charge on any atom is -0.364 e. The van der Waals surface area contributed by atoms with Crippen molar-refractivity contribution >= 4 is 17.4 Å². The van der Waals surface area contributed by atoms with Crippen LogP contribution < -0.4 is 5.32 Å². The van der Waals surface area contributed by atoms with E-state index in [0.29, 0.717) is 11.2 Å². The largest absolute Gasteiger partial charge is 0.364 e. The zero-order valence-electron chi connectivity index (χ0n) is 11.3. The summed E-state index contributed by atoms with van der Waals surface area (Å²) in [6.07, 6.45) is 2.43. The van der Waals surface area contributed by atoms with Gasteiger partial charge in [0.2, 0.25) is 0 Å². The van der Waals surface area contributed by atoms with Crippen LogP contribution in [-0.4, -0.2) is 40.8 Å². The number of nitrogens with one attached hydrogen (secondary N) is 1. The number of hydrogen-bond donors (Lipinski definition) is 1. The van der Waals surface area contributed by atoms with E-state index in [1.807, 2.05) is 13.8 Å². The smallest absolute Gasteiger partial charge is 0.155 e. The van der Waals surface area contributed by atoms with E-state index >= 15 is 0 Å². The predicted molar refractivity (Wildman–Crippen MR) is 75.3 cm³/mol. The van der Waals surface area contributed by atoms with Gasteiger partial charge in [-0.05, 0) is 50.9 Å². The van der Waals surface area contributed by atoms with E-state index in [-0.39, 0.29) is 0 Å². The Morgan fingerprint density at radius 3 is 2.83 bits per heavy atom. The zero-order valence-corrected chi connectivity index (χ0v) is 12.1. The lowest BCUT2D eigenvalue weighted by molar-refractivity contribution is 0.226. The summed E-state index contributed by atoms with van der Waals surface area (Å²) in [6, 6.07) is 0.465. The molecule has 1 aromatic heterocycles. The fourth-order valence-electron chi connectivity index (χ4n) is 2.37. The van der Waals surface area contributed by atoms with Crippen molar-refractivity contribution in [2.45, 2.75) is 39.7 Å². The fourth-order valence-corrected chi connectivity index (χ4v) is 2.55. The molecule has 1 aliphatic rings. The van der Waals surface area contributed by atoms with Gasteiger partial charge in [0.1, 0.15) is 0 Å². The minimum absolute atomic E-state index is 0.465. The Kier molecular flexibility index (Phi) is 4.40. The highest BCUT2D eigenvalue weighted by Crippen LogP contribution is 2.22. The van der Waals surface area contributed by atoms with Gasteiger partial charge in [-0.1, -0.05) is 18.5 Å². The Labute approximate surface area is 114 Å². The van der Waals surface area contributed by atoms with Crippen molar-refractivity contribution in [3.63, 3.8) is 0 Å². The highest BCUT2D eigenvalue weighted by molar-refractivity contribution is 6.30. The molecule has 18 heavy (non-hydrogen) atoms. The first-order valence-corrected chi connectivity index (χ1v) is 6.98. The van der Waals surface area contributed by atoms with Gasteiger partial charge in [0, 0.05) is 12.6 Å². The fraction of sp³-hybridized carbons (Fsp3) is 0.692. The molecule has 1 unspecified atom stereocenters. The first kappa shape index (κ1) is 13.6. The Bertz CT molecular complexity index is 422. The predicted octanol–water partition coefficient (Wildman–Crippen LogP) is 2.64. The van der Waals surface area contributed by atoms with Crippen molar-refractivity contribution in [3.8, 4) is 0 Å². The molecule has 2 heterocycles. The second-order valence-corrected chi connectivity index (χ2v) is 5.32. The summed E-state index contributed by atoms with van der Waals surface area (Å²) >= 11 is 5.96. The normalized spacial score (nSPS) is 21.0. The summed E-state index contributed by atoms with van der Waals surface area (Å²) < 4.78 is 0. The molecule has 0 amide bonds. The van der Waals surface area contributed by atoms with E-state index in [1.54, 1.807) is 0 Å². The van der Waals surface area contributed by atoms with E-state index in [0.717, 1.165) is 30.0 Å². The number of likely N-dealkylation sites (N-methyl/N-ethyl adjacent to an activating group) is 1. The zero-order chi connectivity index (χ0) is 13.1. The quantitative estimate of drug-likeness (QED) is 0.915. The summed E-state index contributed by atoms with van der Waals surface area (Å²) in [5, 5.41) is 12.2. The lowest BCUT2D eigenvalue weighted by Gasteiger charge is -2.32. The van der Waals surface area contributed by atoms with Gasteiger partial charge in [-0.15, -0.1) is 10.2 Å². The first-order valence-electron chi connectivity index (χ1n) is 6.60. The molecule has 1 fully saturated rings. The summed E-state index contributed by atoms with van der Waals surface area (Å²) in [6.45, 7) is 9.63. The van der Waals surface area contributed by atoms with Gasteiger partial charge in [-0.3, -0.25) is 0 Å². The van der Waals surface area contributed by atoms with Crippen LogP contribution in [-0.2, 0) is 0 Å². The molecular formula is C13H21ClN4. The highest BCUT2D eigenvalue weighted by Gasteiger charge is 2.20. The van der Waals surface area contributed by atoms with Crippen molar-refractivity contribution in [2.75, 3.05) is 25.0 Å². The van der Waals surface area contributed by atoms with Crippen LogP contribution in [0.25, 0.3) is 0 Å². The van der Waals surface area contributed by atoms with Crippen LogP contribution in [0.3, 0.4) is 0 Å². The minimum atomic E-state index is 0.465. The summed E-state index contributed by atoms with van der Waals surface area (Å²) in [7, 11) is 0. The molecule has 0 saturated carbocycles. The lowest BCUT2D eigenvalue weighted by Crippen LogP contribution is -2.42. The van der Waals surface area contributed by atoms with E-state index in [1.165, 1.54) is 19.4 Å². The molecule has 1 atom stereocenters. The van der Waals surface area contributed by atoms with Crippen molar-refractivity contribution in [2.24, 2.45) is 0 Å². The number of piperidine rings is 1. The van der Waals surface area contributed by atoms with Gasteiger partial charge in [-0.2, -0.15) is 0 Å². The van der Waals surface area contributed by atoms with Gasteiger partial charge >= 0.3 is 0 Å². The Morgan fingerprint density at radius 2 is 2.11 bits per heavy atom. The maximum atomic E-state index is 5.96. The molecule has 0 aliphatic carbocycles. The number of anilines is 1. The van der Waals surface area contributed by atoms with Crippen LogP contribution in [0.1, 0.15) is 30.9 Å². The second-order valence-electron chi connectivity index (χ2n) is 4.97. The Hall–Kier alpha value is -0.870. The van der Waals surface area contributed by atoms with Crippen molar-refractivity contribution in [1.29, 1.82) is 0 Å². The lowest BCUT2D eigenvalue weighted by atomic mass is 10.1. The summed E-state index contributed by atoms with van der Waals surface area (Å²) in [5.41, 5.74) is 2.11. The van der Waals surface area contributed by atoms with Crippen LogP contribution >= 0.6 is 11.6 Å². The second kappa shape index (κ2) is 5.85. The summed E-state index contributed by atoms with van der Waals surface area (Å²) in [4.78, 5) is 2.46. The molecule has 0 aromatic carbocycles. The standard InChI is InChI=1S/C13H21ClN4/c1-4-18-7-5-6-11(8-18)15-13-10(3)9(2)12(14)16-17-13/h11H,4-8H2,1-3H3,(H,15,17). The van der Waals surface area contributed by atoms with Crippen molar-refractivity contribution in [1.82, 2.24) is 15.1 Å². The molecule has 0 bridgehead atoms. The molecule has 4 nitrogen and oxygen atoms in total. The highest BCUT2D eigenvalue weighted by atomic mass is 35.5. The molecule has 0 spiro atoms. The van der Waals surface area contributed by atoms with E-state index in [4.69, 9.17) is 11.6 Å². The number of rotatable bonds is 3. The molecule has 1 aromatic rings. The van der Waals surface area contributed by atoms with E-state index < -0.39 is 0 Å². The third-order valence-electron chi connectivity index (χ3n) is 3.76. The van der Waals surface area contributed by atoms with Gasteiger partial charge in [0.25, 0.3) is 0 Å². The maximum absolute atomic E-state index is 5.96. The maximum Gasteiger partial charge on any atom is 0.155 e. The number of hydrogen-bond acceptors (Lipinski definition) is 4.